The van der Waals surface area contributed by atoms with Crippen LogP contribution in [0.1, 0.15) is 19.6 Å². The smallest absolute Gasteiger partial charge is 0.260 e. The molecule has 0 aliphatic rings. The molecule has 0 spiro atoms. The fourth-order valence-electron chi connectivity index (χ4n) is 1.83. The molecule has 1 aromatic heterocycles. The number of rotatable bonds is 6. The number of furan rings is 1. The van der Waals surface area contributed by atoms with Crippen LogP contribution in [0.15, 0.2) is 53.1 Å². The van der Waals surface area contributed by atoms with E-state index in [2.05, 4.69) is 5.32 Å². The van der Waals surface area contributed by atoms with E-state index in [1.807, 2.05) is 18.2 Å². The van der Waals surface area contributed by atoms with E-state index in [0.29, 0.717) is 11.5 Å². The first-order chi connectivity index (χ1) is 9.99. The van der Waals surface area contributed by atoms with Gasteiger partial charge in [-0.05, 0) is 38.1 Å². The van der Waals surface area contributed by atoms with Crippen LogP contribution in [0.5, 0.6) is 5.75 Å². The zero-order chi connectivity index (χ0) is 15.3. The second-order valence-electron chi connectivity index (χ2n) is 5.04. The summed E-state index contributed by atoms with van der Waals surface area (Å²) in [5.41, 5.74) is -1.26. The monoisotopic (exact) mass is 289 g/mol. The summed E-state index contributed by atoms with van der Waals surface area (Å²) < 4.78 is 10.7. The number of nitrogens with one attached hydrogen (secondary N) is 1. The summed E-state index contributed by atoms with van der Waals surface area (Å²) >= 11 is 0. The molecule has 1 amide bonds. The molecule has 5 nitrogen and oxygen atoms in total. The molecule has 5 heteroatoms. The van der Waals surface area contributed by atoms with Gasteiger partial charge in [-0.2, -0.15) is 0 Å². The second kappa shape index (κ2) is 6.45. The SMILES string of the molecule is C[C@@H](Oc1ccccc1)C(=O)NC[C@@](C)(O)c1ccco1. The number of hydrogen-bond donors (Lipinski definition) is 2. The molecule has 2 atom stereocenters. The Kier molecular flexibility index (Phi) is 4.65. The van der Waals surface area contributed by atoms with Gasteiger partial charge in [0.2, 0.25) is 0 Å². The largest absolute Gasteiger partial charge is 0.481 e. The molecule has 2 N–H and O–H groups in total. The summed E-state index contributed by atoms with van der Waals surface area (Å²) in [6.07, 6.45) is 0.826. The quantitative estimate of drug-likeness (QED) is 0.854. The van der Waals surface area contributed by atoms with Gasteiger partial charge in [0.1, 0.15) is 17.1 Å². The number of carbonyl (C=O) groups excluding carboxylic acids is 1. The Balaban J connectivity index is 1.87. The van der Waals surface area contributed by atoms with Crippen LogP contribution in [-0.2, 0) is 10.4 Å². The zero-order valence-corrected chi connectivity index (χ0v) is 12.1. The molecule has 0 bridgehead atoms. The van der Waals surface area contributed by atoms with Crippen molar-refractivity contribution in [3.05, 3.63) is 54.5 Å². The topological polar surface area (TPSA) is 71.7 Å². The van der Waals surface area contributed by atoms with Gasteiger partial charge in [0.25, 0.3) is 5.91 Å². The Morgan fingerprint density at radius 3 is 2.67 bits per heavy atom. The van der Waals surface area contributed by atoms with Crippen molar-refractivity contribution >= 4 is 5.91 Å². The maximum Gasteiger partial charge on any atom is 0.260 e. The molecule has 0 unspecified atom stereocenters. The van der Waals surface area contributed by atoms with Crippen LogP contribution in [0.25, 0.3) is 0 Å². The average Bonchev–Trinajstić information content (AvgIpc) is 3.01. The minimum absolute atomic E-state index is 0.0435. The highest BCUT2D eigenvalue weighted by molar-refractivity contribution is 5.80. The number of amides is 1. The zero-order valence-electron chi connectivity index (χ0n) is 12.1. The Labute approximate surface area is 123 Å². The fraction of sp³-hybridized carbons (Fsp3) is 0.312. The maximum atomic E-state index is 12.0. The summed E-state index contributed by atoms with van der Waals surface area (Å²) in [7, 11) is 0. The Morgan fingerprint density at radius 2 is 2.05 bits per heavy atom. The lowest BCUT2D eigenvalue weighted by molar-refractivity contribution is -0.128. The molecule has 0 aliphatic carbocycles. The summed E-state index contributed by atoms with van der Waals surface area (Å²) in [6, 6.07) is 12.5. The van der Waals surface area contributed by atoms with Gasteiger partial charge in [0, 0.05) is 0 Å². The predicted molar refractivity (Wildman–Crippen MR) is 77.8 cm³/mol. The van der Waals surface area contributed by atoms with Gasteiger partial charge in [-0.15, -0.1) is 0 Å². The highest BCUT2D eigenvalue weighted by Gasteiger charge is 2.28. The highest BCUT2D eigenvalue weighted by atomic mass is 16.5. The first kappa shape index (κ1) is 15.1. The third-order valence-electron chi connectivity index (χ3n) is 3.08. The van der Waals surface area contributed by atoms with Crippen molar-refractivity contribution in [1.29, 1.82) is 0 Å². The average molecular weight is 289 g/mol. The van der Waals surface area contributed by atoms with Gasteiger partial charge in [-0.25, -0.2) is 0 Å². The van der Waals surface area contributed by atoms with Gasteiger partial charge >= 0.3 is 0 Å². The molecule has 1 aromatic carbocycles. The van der Waals surface area contributed by atoms with Crippen molar-refractivity contribution in [3.8, 4) is 5.75 Å². The lowest BCUT2D eigenvalue weighted by Gasteiger charge is -2.22. The van der Waals surface area contributed by atoms with Gasteiger partial charge in [-0.1, -0.05) is 18.2 Å². The van der Waals surface area contributed by atoms with E-state index in [9.17, 15) is 9.90 Å². The van der Waals surface area contributed by atoms with Crippen molar-refractivity contribution < 1.29 is 19.1 Å². The third kappa shape index (κ3) is 4.10. The maximum absolute atomic E-state index is 12.0. The molecule has 0 saturated carbocycles. The normalized spacial score (nSPS) is 15.0. The predicted octanol–water partition coefficient (Wildman–Crippen LogP) is 2.07. The van der Waals surface area contributed by atoms with Crippen molar-refractivity contribution in [2.24, 2.45) is 0 Å². The molecule has 1 heterocycles. The van der Waals surface area contributed by atoms with E-state index in [0.717, 1.165) is 0 Å². The van der Waals surface area contributed by atoms with Crippen LogP contribution in [0.4, 0.5) is 0 Å². The molecule has 21 heavy (non-hydrogen) atoms. The molecular weight excluding hydrogens is 270 g/mol. The van der Waals surface area contributed by atoms with E-state index in [1.165, 1.54) is 6.26 Å². The molecule has 0 aliphatic heterocycles. The first-order valence-corrected chi connectivity index (χ1v) is 6.75. The summed E-state index contributed by atoms with van der Waals surface area (Å²) in [5.74, 6) is 0.725. The van der Waals surface area contributed by atoms with E-state index in [4.69, 9.17) is 9.15 Å². The number of para-hydroxylation sites is 1. The van der Waals surface area contributed by atoms with Gasteiger partial charge in [0.05, 0.1) is 12.8 Å². The van der Waals surface area contributed by atoms with E-state index in [-0.39, 0.29) is 12.5 Å². The summed E-state index contributed by atoms with van der Waals surface area (Å²) in [5, 5.41) is 12.9. The van der Waals surface area contributed by atoms with Crippen LogP contribution in [0.3, 0.4) is 0 Å². The summed E-state index contributed by atoms with van der Waals surface area (Å²) in [6.45, 7) is 3.28. The summed E-state index contributed by atoms with van der Waals surface area (Å²) in [4.78, 5) is 12.0. The van der Waals surface area contributed by atoms with E-state index < -0.39 is 11.7 Å². The van der Waals surface area contributed by atoms with Gasteiger partial charge in [-0.3, -0.25) is 4.79 Å². The van der Waals surface area contributed by atoms with E-state index >= 15 is 0 Å². The Hall–Kier alpha value is -2.27. The van der Waals surface area contributed by atoms with Crippen LogP contribution in [0, 0.1) is 0 Å². The number of hydrogen-bond acceptors (Lipinski definition) is 4. The molecular formula is C16H19NO4. The van der Waals surface area contributed by atoms with Crippen LogP contribution in [-0.4, -0.2) is 23.7 Å². The minimum atomic E-state index is -1.26. The Bertz CT molecular complexity index is 563. The third-order valence-corrected chi connectivity index (χ3v) is 3.08. The molecule has 112 valence electrons. The second-order valence-corrected chi connectivity index (χ2v) is 5.04. The van der Waals surface area contributed by atoms with Crippen molar-refractivity contribution in [3.63, 3.8) is 0 Å². The number of benzene rings is 1. The van der Waals surface area contributed by atoms with Crippen molar-refractivity contribution in [1.82, 2.24) is 5.32 Å². The van der Waals surface area contributed by atoms with E-state index in [1.54, 1.807) is 38.1 Å². The van der Waals surface area contributed by atoms with Crippen molar-refractivity contribution in [2.45, 2.75) is 25.6 Å². The highest BCUT2D eigenvalue weighted by Crippen LogP contribution is 2.19. The minimum Gasteiger partial charge on any atom is -0.481 e. The number of ether oxygens (including phenoxy) is 1. The lowest BCUT2D eigenvalue weighted by Crippen LogP contribution is -2.43. The Morgan fingerprint density at radius 1 is 1.33 bits per heavy atom. The molecule has 0 saturated heterocycles. The molecule has 2 aromatic rings. The van der Waals surface area contributed by atoms with Crippen LogP contribution >= 0.6 is 0 Å². The standard InChI is InChI=1S/C16H19NO4/c1-12(21-13-7-4-3-5-8-13)15(18)17-11-16(2,19)14-9-6-10-20-14/h3-10,12,19H,11H2,1-2H3,(H,17,18)/t12-,16-/m1/s1. The van der Waals surface area contributed by atoms with Crippen LogP contribution < -0.4 is 10.1 Å². The lowest BCUT2D eigenvalue weighted by atomic mass is 10.0. The molecule has 0 fully saturated rings. The van der Waals surface area contributed by atoms with Crippen LogP contribution in [0.2, 0.25) is 0 Å². The molecule has 2 rings (SSSR count). The molecule has 0 radical (unpaired) electrons. The number of carbonyl (C=O) groups is 1. The number of aliphatic hydroxyl groups is 1. The van der Waals surface area contributed by atoms with Gasteiger partial charge in [0.15, 0.2) is 6.10 Å². The van der Waals surface area contributed by atoms with Gasteiger partial charge < -0.3 is 19.6 Å². The van der Waals surface area contributed by atoms with Crippen molar-refractivity contribution in [2.75, 3.05) is 6.54 Å². The fourth-order valence-corrected chi connectivity index (χ4v) is 1.83. The first-order valence-electron chi connectivity index (χ1n) is 6.75.